The summed E-state index contributed by atoms with van der Waals surface area (Å²) in [5, 5.41) is 7.01. The van der Waals surface area contributed by atoms with Crippen LogP contribution in [0.1, 0.15) is 23.2 Å². The number of halogens is 2. The molecule has 0 bridgehead atoms. The molecule has 1 aliphatic heterocycles. The molecule has 1 saturated heterocycles. The minimum absolute atomic E-state index is 0.0937. The van der Waals surface area contributed by atoms with Crippen LogP contribution in [-0.2, 0) is 7.05 Å². The summed E-state index contributed by atoms with van der Waals surface area (Å²) in [6.07, 6.45) is 4.01. The molecule has 6 nitrogen and oxygen atoms in total. The van der Waals surface area contributed by atoms with Gasteiger partial charge in [-0.2, -0.15) is 5.10 Å². The van der Waals surface area contributed by atoms with Crippen molar-refractivity contribution in [2.75, 3.05) is 25.5 Å². The van der Waals surface area contributed by atoms with Gasteiger partial charge < -0.3 is 15.0 Å². The molecule has 1 amide bonds. The number of rotatable bonds is 6. The Labute approximate surface area is 185 Å². The summed E-state index contributed by atoms with van der Waals surface area (Å²) in [7, 11) is 3.97. The van der Waals surface area contributed by atoms with E-state index in [0.29, 0.717) is 18.3 Å². The Morgan fingerprint density at radius 3 is 2.77 bits per heavy atom. The molecule has 1 aromatic heterocycles. The number of likely N-dealkylation sites (N-methyl/N-ethyl adjacent to an activating group) is 1. The van der Waals surface area contributed by atoms with Crippen LogP contribution in [-0.4, -0.2) is 46.8 Å². The number of nitrogens with zero attached hydrogens (tertiary/aromatic N) is 3. The summed E-state index contributed by atoms with van der Waals surface area (Å²) < 4.78 is 21.3. The number of anilines is 1. The molecule has 4 rings (SSSR count). The summed E-state index contributed by atoms with van der Waals surface area (Å²) in [5.41, 5.74) is 2.57. The molecule has 0 saturated carbocycles. The molecule has 2 aromatic carbocycles. The Hall–Kier alpha value is -2.90. The molecule has 3 aromatic rings. The van der Waals surface area contributed by atoms with Gasteiger partial charge in [0.2, 0.25) is 0 Å². The van der Waals surface area contributed by atoms with E-state index in [1.165, 1.54) is 24.6 Å². The number of benzene rings is 2. The Morgan fingerprint density at radius 2 is 2.10 bits per heavy atom. The monoisotopic (exact) mass is 442 g/mol. The second-order valence-corrected chi connectivity index (χ2v) is 8.13. The number of hydrogen-bond donors (Lipinski definition) is 1. The Balaban J connectivity index is 1.58. The van der Waals surface area contributed by atoms with Gasteiger partial charge in [0.1, 0.15) is 18.2 Å². The Morgan fingerprint density at radius 1 is 1.26 bits per heavy atom. The molecule has 162 valence electrons. The molecular weight excluding hydrogens is 419 g/mol. The van der Waals surface area contributed by atoms with Crippen LogP contribution in [0.5, 0.6) is 5.75 Å². The molecular formula is C23H24ClFN4O2. The van der Waals surface area contributed by atoms with Crippen LogP contribution >= 0.6 is 11.6 Å². The van der Waals surface area contributed by atoms with E-state index in [4.69, 9.17) is 16.3 Å². The molecule has 2 heterocycles. The highest BCUT2D eigenvalue weighted by Gasteiger charge is 2.22. The molecule has 0 spiro atoms. The molecule has 8 heteroatoms. The maximum atomic E-state index is 13.4. The van der Waals surface area contributed by atoms with Crippen LogP contribution in [0.15, 0.2) is 48.7 Å². The van der Waals surface area contributed by atoms with Gasteiger partial charge in [0.25, 0.3) is 5.91 Å². The number of hydrogen-bond acceptors (Lipinski definition) is 4. The van der Waals surface area contributed by atoms with Gasteiger partial charge in [-0.25, -0.2) is 4.39 Å². The Kier molecular flexibility index (Phi) is 6.25. The van der Waals surface area contributed by atoms with Crippen molar-refractivity contribution in [2.45, 2.75) is 18.9 Å². The van der Waals surface area contributed by atoms with Crippen molar-refractivity contribution >= 4 is 23.2 Å². The first-order valence-corrected chi connectivity index (χ1v) is 10.5. The zero-order valence-electron chi connectivity index (χ0n) is 17.4. The SMILES string of the molecule is CN1CCC[C@H]1COc1ccc(NC(=O)c2ccc(F)c(Cl)c2)cc1-c1ccnn1C. The maximum absolute atomic E-state index is 13.4. The second kappa shape index (κ2) is 9.08. The van der Waals surface area contributed by atoms with Crippen LogP contribution in [0.25, 0.3) is 11.3 Å². The zero-order valence-corrected chi connectivity index (χ0v) is 18.2. The largest absolute Gasteiger partial charge is 0.491 e. The van der Waals surface area contributed by atoms with Gasteiger partial charge >= 0.3 is 0 Å². The van der Waals surface area contributed by atoms with Crippen molar-refractivity contribution in [1.82, 2.24) is 14.7 Å². The lowest BCUT2D eigenvalue weighted by Gasteiger charge is -2.21. The standard InChI is InChI=1S/C23H24ClFN4O2/c1-28-11-3-4-17(28)14-31-22-8-6-16(13-18(22)21-9-10-26-29(21)2)27-23(30)15-5-7-20(25)19(24)12-15/h5-10,12-13,17H,3-4,11,14H2,1-2H3,(H,27,30)/t17-/m0/s1. The van der Waals surface area contributed by atoms with Crippen molar-refractivity contribution < 1.29 is 13.9 Å². The van der Waals surface area contributed by atoms with E-state index in [0.717, 1.165) is 30.0 Å². The lowest BCUT2D eigenvalue weighted by molar-refractivity contribution is 0.102. The summed E-state index contributed by atoms with van der Waals surface area (Å²) in [4.78, 5) is 14.9. The second-order valence-electron chi connectivity index (χ2n) is 7.72. The lowest BCUT2D eigenvalue weighted by Crippen LogP contribution is -2.30. The van der Waals surface area contributed by atoms with E-state index < -0.39 is 5.82 Å². The number of amides is 1. The predicted molar refractivity (Wildman–Crippen MR) is 119 cm³/mol. The number of carbonyl (C=O) groups excluding carboxylic acids is 1. The normalized spacial score (nSPS) is 16.5. The molecule has 0 aliphatic carbocycles. The fourth-order valence-corrected chi connectivity index (χ4v) is 3.97. The van der Waals surface area contributed by atoms with E-state index >= 15 is 0 Å². The first-order valence-electron chi connectivity index (χ1n) is 10.1. The minimum atomic E-state index is -0.564. The van der Waals surface area contributed by atoms with E-state index in [1.807, 2.05) is 25.2 Å². The van der Waals surface area contributed by atoms with Gasteiger partial charge in [-0.1, -0.05) is 11.6 Å². The molecule has 1 fully saturated rings. The average Bonchev–Trinajstić information content (AvgIpc) is 3.36. The number of carbonyl (C=O) groups is 1. The van der Waals surface area contributed by atoms with Crippen molar-refractivity contribution in [2.24, 2.45) is 7.05 Å². The van der Waals surface area contributed by atoms with Crippen LogP contribution < -0.4 is 10.1 Å². The van der Waals surface area contributed by atoms with E-state index in [1.54, 1.807) is 16.9 Å². The highest BCUT2D eigenvalue weighted by molar-refractivity contribution is 6.31. The third kappa shape index (κ3) is 4.73. The van der Waals surface area contributed by atoms with Crippen molar-refractivity contribution in [1.29, 1.82) is 0 Å². The average molecular weight is 443 g/mol. The van der Waals surface area contributed by atoms with Crippen LogP contribution in [0, 0.1) is 5.82 Å². The highest BCUT2D eigenvalue weighted by Crippen LogP contribution is 2.33. The summed E-state index contributed by atoms with van der Waals surface area (Å²) in [6, 6.07) is 11.7. The van der Waals surface area contributed by atoms with Crippen molar-refractivity contribution in [3.8, 4) is 17.0 Å². The summed E-state index contributed by atoms with van der Waals surface area (Å²) in [5.74, 6) is -0.211. The summed E-state index contributed by atoms with van der Waals surface area (Å²) in [6.45, 7) is 1.68. The van der Waals surface area contributed by atoms with Crippen LogP contribution in [0.2, 0.25) is 5.02 Å². The van der Waals surface area contributed by atoms with Gasteiger partial charge in [0.15, 0.2) is 0 Å². The van der Waals surface area contributed by atoms with Crippen molar-refractivity contribution in [3.05, 3.63) is 65.1 Å². The third-order valence-corrected chi connectivity index (χ3v) is 5.91. The zero-order chi connectivity index (χ0) is 22.0. The van der Waals surface area contributed by atoms with Gasteiger partial charge in [0, 0.05) is 36.1 Å². The number of aromatic nitrogens is 2. The third-order valence-electron chi connectivity index (χ3n) is 5.62. The van der Waals surface area contributed by atoms with Gasteiger partial charge in [-0.15, -0.1) is 0 Å². The van der Waals surface area contributed by atoms with Crippen molar-refractivity contribution in [3.63, 3.8) is 0 Å². The fraction of sp³-hybridized carbons (Fsp3) is 0.304. The lowest BCUT2D eigenvalue weighted by atomic mass is 10.1. The number of aryl methyl sites for hydroxylation is 1. The maximum Gasteiger partial charge on any atom is 0.255 e. The first kappa shape index (κ1) is 21.3. The van der Waals surface area contributed by atoms with Gasteiger partial charge in [0.05, 0.1) is 10.7 Å². The van der Waals surface area contributed by atoms with Gasteiger partial charge in [-0.05, 0) is 68.9 Å². The molecule has 0 unspecified atom stereocenters. The topological polar surface area (TPSA) is 59.4 Å². The van der Waals surface area contributed by atoms with E-state index in [2.05, 4.69) is 22.4 Å². The van der Waals surface area contributed by atoms with Crippen LogP contribution in [0.4, 0.5) is 10.1 Å². The Bertz CT molecular complexity index is 1100. The molecule has 31 heavy (non-hydrogen) atoms. The van der Waals surface area contributed by atoms with Gasteiger partial charge in [-0.3, -0.25) is 9.48 Å². The van der Waals surface area contributed by atoms with E-state index in [9.17, 15) is 9.18 Å². The smallest absolute Gasteiger partial charge is 0.255 e. The summed E-state index contributed by atoms with van der Waals surface area (Å²) >= 11 is 5.81. The van der Waals surface area contributed by atoms with Crippen LogP contribution in [0.3, 0.4) is 0 Å². The highest BCUT2D eigenvalue weighted by atomic mass is 35.5. The molecule has 1 aliphatic rings. The first-order chi connectivity index (χ1) is 14.9. The van der Waals surface area contributed by atoms with E-state index in [-0.39, 0.29) is 16.5 Å². The number of ether oxygens (including phenoxy) is 1. The molecule has 0 radical (unpaired) electrons. The minimum Gasteiger partial charge on any atom is -0.491 e. The number of likely N-dealkylation sites (tertiary alicyclic amines) is 1. The quantitative estimate of drug-likeness (QED) is 0.606. The number of nitrogens with one attached hydrogen (secondary N) is 1. The predicted octanol–water partition coefficient (Wildman–Crippen LogP) is 4.60. The fourth-order valence-electron chi connectivity index (χ4n) is 3.79. The molecule has 1 atom stereocenters. The molecule has 1 N–H and O–H groups in total.